The summed E-state index contributed by atoms with van der Waals surface area (Å²) in [6.07, 6.45) is 5.87. The molecule has 2 rings (SSSR count). The SMILES string of the molecule is CC(C)CNCC1CCCCN1c1nccs1. The Hall–Kier alpha value is -0.610. The third-order valence-electron chi connectivity index (χ3n) is 3.22. The van der Waals surface area contributed by atoms with Crippen LogP contribution < -0.4 is 10.2 Å². The minimum atomic E-state index is 0.633. The maximum atomic E-state index is 4.45. The molecule has 96 valence electrons. The molecule has 1 atom stereocenters. The molecule has 17 heavy (non-hydrogen) atoms. The highest BCUT2D eigenvalue weighted by Crippen LogP contribution is 2.26. The predicted molar refractivity (Wildman–Crippen MR) is 74.8 cm³/mol. The van der Waals surface area contributed by atoms with E-state index < -0.39 is 0 Å². The van der Waals surface area contributed by atoms with Gasteiger partial charge in [0, 0.05) is 30.7 Å². The lowest BCUT2D eigenvalue weighted by atomic mass is 10.0. The fourth-order valence-electron chi connectivity index (χ4n) is 2.36. The Labute approximate surface area is 108 Å². The van der Waals surface area contributed by atoms with Gasteiger partial charge >= 0.3 is 0 Å². The molecule has 1 saturated heterocycles. The Balaban J connectivity index is 1.89. The second kappa shape index (κ2) is 6.36. The largest absolute Gasteiger partial charge is 0.344 e. The summed E-state index contributed by atoms with van der Waals surface area (Å²) in [5.74, 6) is 0.729. The number of hydrogen-bond donors (Lipinski definition) is 1. The van der Waals surface area contributed by atoms with Crippen LogP contribution in [0.25, 0.3) is 0 Å². The van der Waals surface area contributed by atoms with Gasteiger partial charge in [0.25, 0.3) is 0 Å². The first kappa shape index (κ1) is 12.8. The van der Waals surface area contributed by atoms with Crippen LogP contribution in [0, 0.1) is 5.92 Å². The molecule has 0 saturated carbocycles. The number of aromatic nitrogens is 1. The molecule has 1 N–H and O–H groups in total. The Kier molecular flexibility index (Phi) is 4.80. The van der Waals surface area contributed by atoms with Crippen molar-refractivity contribution in [2.24, 2.45) is 5.92 Å². The van der Waals surface area contributed by atoms with Crippen molar-refractivity contribution in [2.75, 3.05) is 24.5 Å². The van der Waals surface area contributed by atoms with E-state index in [2.05, 4.69) is 34.4 Å². The molecule has 0 radical (unpaired) electrons. The first-order valence-corrected chi connectivity index (χ1v) is 7.52. The first-order chi connectivity index (χ1) is 8.27. The van der Waals surface area contributed by atoms with Crippen LogP contribution in [0.3, 0.4) is 0 Å². The smallest absolute Gasteiger partial charge is 0.185 e. The Morgan fingerprint density at radius 1 is 1.53 bits per heavy atom. The monoisotopic (exact) mass is 253 g/mol. The standard InChI is InChI=1S/C13H23N3S/c1-11(2)9-14-10-12-5-3-4-7-16(12)13-15-6-8-17-13/h6,8,11-12,14H,3-5,7,9-10H2,1-2H3. The van der Waals surface area contributed by atoms with E-state index in [4.69, 9.17) is 0 Å². The number of nitrogens with zero attached hydrogens (tertiary/aromatic N) is 2. The highest BCUT2D eigenvalue weighted by Gasteiger charge is 2.23. The topological polar surface area (TPSA) is 28.2 Å². The van der Waals surface area contributed by atoms with Crippen LogP contribution in [-0.2, 0) is 0 Å². The number of thiazole rings is 1. The van der Waals surface area contributed by atoms with Crippen molar-refractivity contribution in [3.63, 3.8) is 0 Å². The molecular weight excluding hydrogens is 230 g/mol. The molecule has 3 nitrogen and oxygen atoms in total. The quantitative estimate of drug-likeness (QED) is 0.874. The molecule has 1 aliphatic rings. The van der Waals surface area contributed by atoms with Crippen molar-refractivity contribution in [2.45, 2.75) is 39.2 Å². The van der Waals surface area contributed by atoms with E-state index in [9.17, 15) is 0 Å². The second-order valence-electron chi connectivity index (χ2n) is 5.21. The van der Waals surface area contributed by atoms with Crippen molar-refractivity contribution < 1.29 is 0 Å². The highest BCUT2D eigenvalue weighted by molar-refractivity contribution is 7.13. The lowest BCUT2D eigenvalue weighted by Gasteiger charge is -2.35. The number of hydrogen-bond acceptors (Lipinski definition) is 4. The van der Waals surface area contributed by atoms with Gasteiger partial charge in [-0.25, -0.2) is 4.98 Å². The van der Waals surface area contributed by atoms with E-state index in [1.54, 1.807) is 11.3 Å². The van der Waals surface area contributed by atoms with E-state index >= 15 is 0 Å². The molecule has 0 spiro atoms. The normalized spacial score (nSPS) is 21.1. The van der Waals surface area contributed by atoms with E-state index in [0.717, 1.165) is 19.0 Å². The average Bonchev–Trinajstić information content (AvgIpc) is 2.82. The Bertz CT molecular complexity index is 310. The zero-order valence-corrected chi connectivity index (χ0v) is 11.7. The molecule has 1 aliphatic heterocycles. The zero-order chi connectivity index (χ0) is 12.1. The molecule has 0 aromatic carbocycles. The van der Waals surface area contributed by atoms with Gasteiger partial charge in [-0.1, -0.05) is 13.8 Å². The van der Waals surface area contributed by atoms with Crippen LogP contribution in [0.1, 0.15) is 33.1 Å². The predicted octanol–water partition coefficient (Wildman–Crippen LogP) is 2.75. The molecule has 1 unspecified atom stereocenters. The fraction of sp³-hybridized carbons (Fsp3) is 0.769. The maximum absolute atomic E-state index is 4.45. The molecular formula is C13H23N3S. The summed E-state index contributed by atoms with van der Waals surface area (Å²) in [6.45, 7) is 7.89. The zero-order valence-electron chi connectivity index (χ0n) is 10.9. The number of nitrogens with one attached hydrogen (secondary N) is 1. The Morgan fingerprint density at radius 3 is 3.12 bits per heavy atom. The van der Waals surface area contributed by atoms with Gasteiger partial charge in [-0.2, -0.15) is 0 Å². The number of anilines is 1. The first-order valence-electron chi connectivity index (χ1n) is 6.64. The van der Waals surface area contributed by atoms with Crippen molar-refractivity contribution >= 4 is 16.5 Å². The third kappa shape index (κ3) is 3.68. The van der Waals surface area contributed by atoms with Gasteiger partial charge in [0.2, 0.25) is 0 Å². The van der Waals surface area contributed by atoms with Gasteiger partial charge in [0.05, 0.1) is 0 Å². The summed E-state index contributed by atoms with van der Waals surface area (Å²) >= 11 is 1.76. The molecule has 0 aliphatic carbocycles. The summed E-state index contributed by atoms with van der Waals surface area (Å²) in [4.78, 5) is 6.94. The van der Waals surface area contributed by atoms with E-state index in [1.807, 2.05) is 6.20 Å². The summed E-state index contributed by atoms with van der Waals surface area (Å²) in [6, 6.07) is 0.633. The molecule has 0 bridgehead atoms. The highest BCUT2D eigenvalue weighted by atomic mass is 32.1. The Morgan fingerprint density at radius 2 is 2.41 bits per heavy atom. The van der Waals surface area contributed by atoms with Gasteiger partial charge in [0.15, 0.2) is 5.13 Å². The van der Waals surface area contributed by atoms with Gasteiger partial charge in [-0.05, 0) is 31.7 Å². The van der Waals surface area contributed by atoms with Crippen LogP contribution in [0.15, 0.2) is 11.6 Å². The van der Waals surface area contributed by atoms with E-state index in [0.29, 0.717) is 6.04 Å². The third-order valence-corrected chi connectivity index (χ3v) is 4.03. The summed E-state index contributed by atoms with van der Waals surface area (Å²) < 4.78 is 0. The van der Waals surface area contributed by atoms with E-state index in [-0.39, 0.29) is 0 Å². The molecule has 1 aromatic rings. The van der Waals surface area contributed by atoms with Crippen LogP contribution >= 0.6 is 11.3 Å². The average molecular weight is 253 g/mol. The summed E-state index contributed by atoms with van der Waals surface area (Å²) in [5, 5.41) is 6.85. The number of piperidine rings is 1. The molecule has 0 amide bonds. The second-order valence-corrected chi connectivity index (χ2v) is 6.08. The van der Waals surface area contributed by atoms with E-state index in [1.165, 1.54) is 30.9 Å². The molecule has 1 aromatic heterocycles. The van der Waals surface area contributed by atoms with Gasteiger partial charge in [-0.15, -0.1) is 11.3 Å². The minimum Gasteiger partial charge on any atom is -0.344 e. The minimum absolute atomic E-state index is 0.633. The lowest BCUT2D eigenvalue weighted by molar-refractivity contribution is 0.422. The van der Waals surface area contributed by atoms with Gasteiger partial charge in [-0.3, -0.25) is 0 Å². The molecule has 2 heterocycles. The van der Waals surface area contributed by atoms with Crippen molar-refractivity contribution in [3.8, 4) is 0 Å². The van der Waals surface area contributed by atoms with Crippen molar-refractivity contribution in [1.29, 1.82) is 0 Å². The number of rotatable bonds is 5. The fourth-order valence-corrected chi connectivity index (χ4v) is 3.10. The lowest BCUT2D eigenvalue weighted by Crippen LogP contribution is -2.46. The maximum Gasteiger partial charge on any atom is 0.185 e. The van der Waals surface area contributed by atoms with Crippen LogP contribution in [0.4, 0.5) is 5.13 Å². The molecule has 4 heteroatoms. The van der Waals surface area contributed by atoms with Crippen LogP contribution in [0.5, 0.6) is 0 Å². The van der Waals surface area contributed by atoms with Gasteiger partial charge in [0.1, 0.15) is 0 Å². The van der Waals surface area contributed by atoms with Crippen LogP contribution in [0.2, 0.25) is 0 Å². The van der Waals surface area contributed by atoms with Crippen molar-refractivity contribution in [3.05, 3.63) is 11.6 Å². The molecule has 1 fully saturated rings. The van der Waals surface area contributed by atoms with Crippen LogP contribution in [-0.4, -0.2) is 30.7 Å². The summed E-state index contributed by atoms with van der Waals surface area (Å²) in [7, 11) is 0. The summed E-state index contributed by atoms with van der Waals surface area (Å²) in [5.41, 5.74) is 0. The van der Waals surface area contributed by atoms with Gasteiger partial charge < -0.3 is 10.2 Å². The van der Waals surface area contributed by atoms with Crippen molar-refractivity contribution in [1.82, 2.24) is 10.3 Å².